The van der Waals surface area contributed by atoms with E-state index < -0.39 is 29.3 Å². The number of benzene rings is 3. The van der Waals surface area contributed by atoms with E-state index in [4.69, 9.17) is 4.74 Å². The van der Waals surface area contributed by atoms with Crippen molar-refractivity contribution in [3.05, 3.63) is 114 Å². The van der Waals surface area contributed by atoms with Crippen molar-refractivity contribution in [3.8, 4) is 11.1 Å². The highest BCUT2D eigenvalue weighted by molar-refractivity contribution is 7.98. The van der Waals surface area contributed by atoms with Crippen molar-refractivity contribution in [2.24, 2.45) is 0 Å². The molecule has 0 aliphatic heterocycles. The summed E-state index contributed by atoms with van der Waals surface area (Å²) in [5.41, 5.74) is 1.18. The first-order valence-corrected chi connectivity index (χ1v) is 14.4. The second kappa shape index (κ2) is 13.6. The molecule has 0 aliphatic rings. The maximum atomic E-state index is 13.8. The van der Waals surface area contributed by atoms with Gasteiger partial charge in [-0.15, -0.1) is 0 Å². The van der Waals surface area contributed by atoms with Crippen molar-refractivity contribution in [2.45, 2.75) is 31.5 Å². The standard InChI is InChI=1S/C31H31F2N3O4S/c1-31(30(38)39,13-18-41-2)35-29(37)26-12-7-23(19-27(26)21-3-8-24(32)9-4-21)28(22-5-10-25(33)11-6-22)40-17-16-36-15-14-34-20-36/h3-12,14-15,19-20,28H,13,16-18H2,1-2H3,(H,35,37)(H,38,39)/t28?,31-/m0/s1. The second-order valence-electron chi connectivity index (χ2n) is 9.75. The van der Waals surface area contributed by atoms with E-state index in [0.29, 0.717) is 41.2 Å². The van der Waals surface area contributed by atoms with E-state index in [1.807, 2.05) is 17.0 Å². The van der Waals surface area contributed by atoms with Gasteiger partial charge >= 0.3 is 5.97 Å². The highest BCUT2D eigenvalue weighted by Gasteiger charge is 2.35. The zero-order valence-electron chi connectivity index (χ0n) is 22.7. The van der Waals surface area contributed by atoms with Gasteiger partial charge in [-0.2, -0.15) is 11.8 Å². The minimum absolute atomic E-state index is 0.230. The molecular weight excluding hydrogens is 548 g/mol. The van der Waals surface area contributed by atoms with Crippen molar-refractivity contribution < 1.29 is 28.2 Å². The van der Waals surface area contributed by atoms with Gasteiger partial charge in [-0.05, 0) is 84.0 Å². The van der Waals surface area contributed by atoms with Gasteiger partial charge < -0.3 is 19.7 Å². The maximum absolute atomic E-state index is 13.8. The fraction of sp³-hybridized carbons (Fsp3) is 0.258. The Hall–Kier alpha value is -4.02. The summed E-state index contributed by atoms with van der Waals surface area (Å²) in [4.78, 5) is 29.7. The molecule has 0 spiro atoms. The number of amides is 1. The molecule has 214 valence electrons. The Morgan fingerprint density at radius 3 is 2.32 bits per heavy atom. The number of nitrogens with one attached hydrogen (secondary N) is 1. The SMILES string of the molecule is CSCC[C@](C)(NC(=O)c1ccc(C(OCCn2ccnc2)c2ccc(F)cc2)cc1-c1ccc(F)cc1)C(=O)O. The number of rotatable bonds is 13. The third-order valence-corrected chi connectivity index (χ3v) is 7.39. The van der Waals surface area contributed by atoms with Crippen molar-refractivity contribution in [3.63, 3.8) is 0 Å². The molecular formula is C31H31F2N3O4S. The molecule has 1 aromatic heterocycles. The highest BCUT2D eigenvalue weighted by Crippen LogP contribution is 2.33. The van der Waals surface area contributed by atoms with E-state index in [1.165, 1.54) is 43.0 Å². The van der Waals surface area contributed by atoms with Crippen LogP contribution in [-0.4, -0.2) is 50.7 Å². The molecule has 0 fully saturated rings. The van der Waals surface area contributed by atoms with Crippen LogP contribution in [0.3, 0.4) is 0 Å². The number of carbonyl (C=O) groups excluding carboxylic acids is 1. The van der Waals surface area contributed by atoms with Gasteiger partial charge in [0.2, 0.25) is 0 Å². The molecule has 10 heteroatoms. The Balaban J connectivity index is 1.74. The molecule has 2 N–H and O–H groups in total. The summed E-state index contributed by atoms with van der Waals surface area (Å²) in [6.45, 7) is 2.33. The summed E-state index contributed by atoms with van der Waals surface area (Å²) in [5, 5.41) is 12.6. The lowest BCUT2D eigenvalue weighted by atomic mass is 9.91. The summed E-state index contributed by atoms with van der Waals surface area (Å²) >= 11 is 1.49. The zero-order valence-corrected chi connectivity index (χ0v) is 23.5. The number of halogens is 2. The Morgan fingerprint density at radius 2 is 1.71 bits per heavy atom. The van der Waals surface area contributed by atoms with Gasteiger partial charge in [0, 0.05) is 24.5 Å². The molecule has 0 saturated carbocycles. The van der Waals surface area contributed by atoms with E-state index in [1.54, 1.807) is 55.0 Å². The number of carboxylic acid groups (broad SMARTS) is 1. The van der Waals surface area contributed by atoms with Crippen LogP contribution in [0.1, 0.15) is 40.9 Å². The van der Waals surface area contributed by atoms with Crippen LogP contribution in [0.4, 0.5) is 8.78 Å². The lowest BCUT2D eigenvalue weighted by molar-refractivity contribution is -0.143. The number of hydrogen-bond donors (Lipinski definition) is 2. The van der Waals surface area contributed by atoms with Crippen LogP contribution in [0.5, 0.6) is 0 Å². The molecule has 1 unspecified atom stereocenters. The number of nitrogens with zero attached hydrogens (tertiary/aromatic N) is 2. The number of ether oxygens (including phenoxy) is 1. The first-order chi connectivity index (χ1) is 19.7. The number of aromatic nitrogens is 2. The normalized spacial score (nSPS) is 13.4. The number of aliphatic carboxylic acids is 1. The monoisotopic (exact) mass is 579 g/mol. The van der Waals surface area contributed by atoms with Crippen molar-refractivity contribution in [2.75, 3.05) is 18.6 Å². The number of carbonyl (C=O) groups is 2. The molecule has 7 nitrogen and oxygen atoms in total. The average molecular weight is 580 g/mol. The van der Waals surface area contributed by atoms with Crippen LogP contribution in [0.2, 0.25) is 0 Å². The minimum atomic E-state index is -1.48. The van der Waals surface area contributed by atoms with E-state index in [-0.39, 0.29) is 17.8 Å². The third-order valence-electron chi connectivity index (χ3n) is 6.78. The molecule has 41 heavy (non-hydrogen) atoms. The van der Waals surface area contributed by atoms with Crippen molar-refractivity contribution in [1.29, 1.82) is 0 Å². The second-order valence-corrected chi connectivity index (χ2v) is 10.7. The van der Waals surface area contributed by atoms with Crippen LogP contribution >= 0.6 is 11.8 Å². The van der Waals surface area contributed by atoms with Crippen molar-refractivity contribution in [1.82, 2.24) is 14.9 Å². The quantitative estimate of drug-likeness (QED) is 0.203. The number of imidazole rings is 1. The number of carboxylic acids is 1. The maximum Gasteiger partial charge on any atom is 0.329 e. The zero-order chi connectivity index (χ0) is 29.4. The summed E-state index contributed by atoms with van der Waals surface area (Å²) in [6, 6.07) is 16.8. The van der Waals surface area contributed by atoms with Gasteiger partial charge in [0.1, 0.15) is 23.3 Å². The molecule has 2 atom stereocenters. The van der Waals surface area contributed by atoms with Gasteiger partial charge in [0.25, 0.3) is 5.91 Å². The van der Waals surface area contributed by atoms with E-state index >= 15 is 0 Å². The van der Waals surface area contributed by atoms with Crippen LogP contribution in [-0.2, 0) is 16.1 Å². The molecule has 1 heterocycles. The van der Waals surface area contributed by atoms with E-state index in [0.717, 1.165) is 0 Å². The summed E-state index contributed by atoms with van der Waals surface area (Å²) in [6.07, 6.45) is 6.66. The third kappa shape index (κ3) is 7.59. The Kier molecular flexibility index (Phi) is 9.91. The Labute approximate surface area is 241 Å². The molecule has 1 amide bonds. The van der Waals surface area contributed by atoms with Crippen LogP contribution in [0, 0.1) is 11.6 Å². The topological polar surface area (TPSA) is 93.5 Å². The highest BCUT2D eigenvalue weighted by atomic mass is 32.2. The Morgan fingerprint density at radius 1 is 1.05 bits per heavy atom. The fourth-order valence-electron chi connectivity index (χ4n) is 4.36. The first kappa shape index (κ1) is 30.0. The fourth-order valence-corrected chi connectivity index (χ4v) is 4.97. The van der Waals surface area contributed by atoms with Crippen molar-refractivity contribution >= 4 is 23.6 Å². The molecule has 0 bridgehead atoms. The molecule has 0 aliphatic carbocycles. The van der Waals surface area contributed by atoms with Gasteiger partial charge in [0.15, 0.2) is 0 Å². The van der Waals surface area contributed by atoms with Gasteiger partial charge in [-0.25, -0.2) is 18.6 Å². The minimum Gasteiger partial charge on any atom is -0.480 e. The largest absolute Gasteiger partial charge is 0.480 e. The molecule has 0 radical (unpaired) electrons. The molecule has 4 aromatic rings. The average Bonchev–Trinajstić information content (AvgIpc) is 3.48. The summed E-state index contributed by atoms with van der Waals surface area (Å²) in [7, 11) is 0. The number of hydrogen-bond acceptors (Lipinski definition) is 5. The summed E-state index contributed by atoms with van der Waals surface area (Å²) in [5.74, 6) is -1.97. The van der Waals surface area contributed by atoms with E-state index in [9.17, 15) is 23.5 Å². The molecule has 3 aromatic carbocycles. The molecule has 0 saturated heterocycles. The van der Waals surface area contributed by atoms with Gasteiger partial charge in [-0.3, -0.25) is 4.79 Å². The van der Waals surface area contributed by atoms with Gasteiger partial charge in [-0.1, -0.05) is 30.3 Å². The predicted molar refractivity (Wildman–Crippen MR) is 155 cm³/mol. The van der Waals surface area contributed by atoms with Crippen LogP contribution in [0.15, 0.2) is 85.5 Å². The predicted octanol–water partition coefficient (Wildman–Crippen LogP) is 5.96. The summed E-state index contributed by atoms with van der Waals surface area (Å²) < 4.78 is 35.7. The van der Waals surface area contributed by atoms with Crippen LogP contribution < -0.4 is 5.32 Å². The number of thioether (sulfide) groups is 1. The first-order valence-electron chi connectivity index (χ1n) is 13.0. The Bertz CT molecular complexity index is 1460. The van der Waals surface area contributed by atoms with E-state index in [2.05, 4.69) is 10.3 Å². The van der Waals surface area contributed by atoms with Gasteiger partial charge in [0.05, 0.1) is 12.9 Å². The lowest BCUT2D eigenvalue weighted by Gasteiger charge is -2.27. The smallest absolute Gasteiger partial charge is 0.329 e. The molecule has 4 rings (SSSR count). The lowest BCUT2D eigenvalue weighted by Crippen LogP contribution is -2.52. The van der Waals surface area contributed by atoms with Crippen LogP contribution in [0.25, 0.3) is 11.1 Å².